The predicted octanol–water partition coefficient (Wildman–Crippen LogP) is -0.427. The van der Waals surface area contributed by atoms with Crippen molar-refractivity contribution in [2.75, 3.05) is 19.7 Å². The van der Waals surface area contributed by atoms with Gasteiger partial charge in [0.1, 0.15) is 6.61 Å². The number of nitrogens with one attached hydrogen (secondary N) is 1. The Labute approximate surface area is 94.7 Å². The lowest BCUT2D eigenvalue weighted by atomic mass is 9.95. The average molecular weight is 229 g/mol. The zero-order valence-corrected chi connectivity index (χ0v) is 9.28. The van der Waals surface area contributed by atoms with E-state index in [-0.39, 0.29) is 24.3 Å². The second-order valence-electron chi connectivity index (χ2n) is 3.99. The van der Waals surface area contributed by atoms with Crippen molar-refractivity contribution in [3.63, 3.8) is 0 Å². The fourth-order valence-electron chi connectivity index (χ4n) is 2.12. The molecule has 0 aromatic heterocycles. The van der Waals surface area contributed by atoms with Gasteiger partial charge >= 0.3 is 6.09 Å². The van der Waals surface area contributed by atoms with E-state index in [9.17, 15) is 9.59 Å². The Bertz CT molecular complexity index is 258. The summed E-state index contributed by atoms with van der Waals surface area (Å²) in [5, 5.41) is 2.72. The molecular weight excluding hydrogens is 210 g/mol. The standard InChI is InChI=1S/C10H19N3O3/c11-6-7-2-1-3-8(7)9(14)13-4-5-16-10(12)15/h7-8H,1-6,11H2,(H2,12,15)(H,13,14). The quantitative estimate of drug-likeness (QED) is 0.556. The Kier molecular flexibility index (Phi) is 5.04. The van der Waals surface area contributed by atoms with Crippen molar-refractivity contribution >= 4 is 12.0 Å². The van der Waals surface area contributed by atoms with Crippen molar-refractivity contribution in [2.45, 2.75) is 19.3 Å². The first-order valence-corrected chi connectivity index (χ1v) is 5.55. The molecule has 0 spiro atoms. The zero-order valence-electron chi connectivity index (χ0n) is 9.28. The Morgan fingerprint density at radius 1 is 1.38 bits per heavy atom. The lowest BCUT2D eigenvalue weighted by Gasteiger charge is -2.17. The third-order valence-corrected chi connectivity index (χ3v) is 2.94. The second-order valence-corrected chi connectivity index (χ2v) is 3.99. The highest BCUT2D eigenvalue weighted by molar-refractivity contribution is 5.79. The number of primary amides is 1. The molecule has 6 heteroatoms. The minimum absolute atomic E-state index is 0.000945. The number of carbonyl (C=O) groups excluding carboxylic acids is 2. The van der Waals surface area contributed by atoms with Gasteiger partial charge in [0.2, 0.25) is 5.91 Å². The Balaban J connectivity index is 2.21. The molecule has 6 nitrogen and oxygen atoms in total. The summed E-state index contributed by atoms with van der Waals surface area (Å²) in [6, 6.07) is 0. The first kappa shape index (κ1) is 12.8. The van der Waals surface area contributed by atoms with E-state index >= 15 is 0 Å². The molecule has 0 bridgehead atoms. The van der Waals surface area contributed by atoms with E-state index in [1.807, 2.05) is 0 Å². The van der Waals surface area contributed by atoms with Crippen molar-refractivity contribution in [1.82, 2.24) is 5.32 Å². The van der Waals surface area contributed by atoms with Crippen LogP contribution in [0.25, 0.3) is 0 Å². The van der Waals surface area contributed by atoms with Crippen LogP contribution in [0.15, 0.2) is 0 Å². The van der Waals surface area contributed by atoms with Gasteiger partial charge in [-0.3, -0.25) is 4.79 Å². The highest BCUT2D eigenvalue weighted by Gasteiger charge is 2.31. The number of ether oxygens (including phenoxy) is 1. The lowest BCUT2D eigenvalue weighted by molar-refractivity contribution is -0.126. The van der Waals surface area contributed by atoms with Crippen LogP contribution >= 0.6 is 0 Å². The summed E-state index contributed by atoms with van der Waals surface area (Å²) >= 11 is 0. The molecule has 2 unspecified atom stereocenters. The van der Waals surface area contributed by atoms with E-state index < -0.39 is 6.09 Å². The van der Waals surface area contributed by atoms with E-state index in [0.29, 0.717) is 13.1 Å². The third kappa shape index (κ3) is 3.69. The maximum Gasteiger partial charge on any atom is 0.404 e. The maximum atomic E-state index is 11.7. The predicted molar refractivity (Wildman–Crippen MR) is 58.4 cm³/mol. The fraction of sp³-hybridized carbons (Fsp3) is 0.800. The van der Waals surface area contributed by atoms with Gasteiger partial charge in [-0.05, 0) is 25.3 Å². The topological polar surface area (TPSA) is 107 Å². The van der Waals surface area contributed by atoms with Crippen LogP contribution < -0.4 is 16.8 Å². The maximum absolute atomic E-state index is 11.7. The molecule has 1 rings (SSSR count). The van der Waals surface area contributed by atoms with E-state index in [1.54, 1.807) is 0 Å². The second kappa shape index (κ2) is 6.32. The van der Waals surface area contributed by atoms with Crippen LogP contribution in [0, 0.1) is 11.8 Å². The van der Waals surface area contributed by atoms with Gasteiger partial charge in [-0.2, -0.15) is 0 Å². The van der Waals surface area contributed by atoms with Gasteiger partial charge in [-0.1, -0.05) is 6.42 Å². The monoisotopic (exact) mass is 229 g/mol. The summed E-state index contributed by atoms with van der Waals surface area (Å²) in [7, 11) is 0. The van der Waals surface area contributed by atoms with Crippen LogP contribution in [0.2, 0.25) is 0 Å². The summed E-state index contributed by atoms with van der Waals surface area (Å²) in [5.74, 6) is 0.302. The fourth-order valence-corrected chi connectivity index (χ4v) is 2.12. The molecule has 1 aliphatic rings. The van der Waals surface area contributed by atoms with Crippen LogP contribution in [0.5, 0.6) is 0 Å². The van der Waals surface area contributed by atoms with Crippen LogP contribution in [-0.2, 0) is 9.53 Å². The number of hydrogen-bond acceptors (Lipinski definition) is 4. The molecule has 0 aromatic carbocycles. The van der Waals surface area contributed by atoms with Crippen LogP contribution in [0.4, 0.5) is 4.79 Å². The summed E-state index contributed by atoms with van der Waals surface area (Å²) in [6.07, 6.45) is 2.14. The lowest BCUT2D eigenvalue weighted by Crippen LogP contribution is -2.37. The van der Waals surface area contributed by atoms with Crippen LogP contribution in [0.3, 0.4) is 0 Å². The third-order valence-electron chi connectivity index (χ3n) is 2.94. The average Bonchev–Trinajstić information content (AvgIpc) is 2.71. The van der Waals surface area contributed by atoms with Gasteiger partial charge in [0, 0.05) is 5.92 Å². The number of amides is 2. The molecule has 2 amide bonds. The van der Waals surface area contributed by atoms with Crippen molar-refractivity contribution in [1.29, 1.82) is 0 Å². The molecule has 5 N–H and O–H groups in total. The Morgan fingerprint density at radius 3 is 2.75 bits per heavy atom. The normalized spacial score (nSPS) is 24.1. The molecular formula is C10H19N3O3. The molecule has 0 radical (unpaired) electrons. The highest BCUT2D eigenvalue weighted by Crippen LogP contribution is 2.30. The van der Waals surface area contributed by atoms with Gasteiger partial charge < -0.3 is 21.5 Å². The molecule has 1 aliphatic carbocycles. The highest BCUT2D eigenvalue weighted by atomic mass is 16.5. The number of rotatable bonds is 5. The first-order chi connectivity index (χ1) is 7.65. The van der Waals surface area contributed by atoms with E-state index in [1.165, 1.54) is 0 Å². The molecule has 0 aliphatic heterocycles. The summed E-state index contributed by atoms with van der Waals surface area (Å²) in [6.45, 7) is 0.965. The molecule has 16 heavy (non-hydrogen) atoms. The van der Waals surface area contributed by atoms with Crippen molar-refractivity contribution < 1.29 is 14.3 Å². The molecule has 92 valence electrons. The van der Waals surface area contributed by atoms with Gasteiger partial charge in [-0.15, -0.1) is 0 Å². The minimum atomic E-state index is -0.824. The van der Waals surface area contributed by atoms with Gasteiger partial charge in [0.05, 0.1) is 6.54 Å². The van der Waals surface area contributed by atoms with Crippen molar-refractivity contribution in [3.05, 3.63) is 0 Å². The van der Waals surface area contributed by atoms with Crippen molar-refractivity contribution in [2.24, 2.45) is 23.3 Å². The molecule has 0 aromatic rings. The van der Waals surface area contributed by atoms with E-state index in [2.05, 4.69) is 10.1 Å². The molecule has 0 saturated heterocycles. The molecule has 0 heterocycles. The number of carbonyl (C=O) groups is 2. The molecule has 2 atom stereocenters. The van der Waals surface area contributed by atoms with Crippen LogP contribution in [-0.4, -0.2) is 31.7 Å². The van der Waals surface area contributed by atoms with Crippen molar-refractivity contribution in [3.8, 4) is 0 Å². The Morgan fingerprint density at radius 2 is 2.12 bits per heavy atom. The summed E-state index contributed by atoms with van der Waals surface area (Å²) in [4.78, 5) is 22.0. The molecule has 1 saturated carbocycles. The van der Waals surface area contributed by atoms with Gasteiger partial charge in [0.15, 0.2) is 0 Å². The largest absolute Gasteiger partial charge is 0.448 e. The minimum Gasteiger partial charge on any atom is -0.448 e. The van der Waals surface area contributed by atoms with E-state index in [4.69, 9.17) is 11.5 Å². The SMILES string of the molecule is NCC1CCCC1C(=O)NCCOC(N)=O. The van der Waals surface area contributed by atoms with Gasteiger partial charge in [-0.25, -0.2) is 4.79 Å². The van der Waals surface area contributed by atoms with E-state index in [0.717, 1.165) is 19.3 Å². The smallest absolute Gasteiger partial charge is 0.404 e. The Hall–Kier alpha value is -1.30. The van der Waals surface area contributed by atoms with Crippen LogP contribution in [0.1, 0.15) is 19.3 Å². The first-order valence-electron chi connectivity index (χ1n) is 5.55. The zero-order chi connectivity index (χ0) is 12.0. The van der Waals surface area contributed by atoms with Gasteiger partial charge in [0.25, 0.3) is 0 Å². The summed E-state index contributed by atoms with van der Waals surface area (Å²) in [5.41, 5.74) is 10.4. The number of hydrogen-bond donors (Lipinski definition) is 3. The summed E-state index contributed by atoms with van der Waals surface area (Å²) < 4.78 is 4.51. The number of nitrogens with two attached hydrogens (primary N) is 2. The molecule has 1 fully saturated rings.